The van der Waals surface area contributed by atoms with Crippen LogP contribution in [-0.4, -0.2) is 64.1 Å². The third-order valence-corrected chi connectivity index (χ3v) is 6.40. The molecule has 0 atom stereocenters. The fourth-order valence-electron chi connectivity index (χ4n) is 3.69. The fraction of sp³-hybridized carbons (Fsp3) is 0.450. The molecule has 1 fully saturated rings. The molecule has 3 heterocycles. The number of nitrogens with one attached hydrogen (secondary N) is 1. The van der Waals surface area contributed by atoms with E-state index in [-0.39, 0.29) is 0 Å². The smallest absolute Gasteiger partial charge is 0.315 e. The number of likely N-dealkylation sites (N-methyl/N-ethyl adjacent to an activating group) is 1. The third-order valence-electron chi connectivity index (χ3n) is 5.43. The van der Waals surface area contributed by atoms with Gasteiger partial charge in [-0.2, -0.15) is 16.9 Å². The minimum Gasteiger partial charge on any atom is -0.332 e. The van der Waals surface area contributed by atoms with Gasteiger partial charge < -0.3 is 15.1 Å². The molecule has 148 valence electrons. The Labute approximate surface area is 169 Å². The molecule has 7 nitrogen and oxygen atoms in total. The number of hydrogen-bond acceptors (Lipinski definition) is 5. The van der Waals surface area contributed by atoms with Crippen molar-refractivity contribution in [3.63, 3.8) is 0 Å². The zero-order valence-electron chi connectivity index (χ0n) is 16.3. The molecule has 2 aliphatic rings. The number of aromatic nitrogens is 2. The molecule has 0 aliphatic carbocycles. The first kappa shape index (κ1) is 19.0. The van der Waals surface area contributed by atoms with Crippen molar-refractivity contribution in [1.29, 1.82) is 0 Å². The third kappa shape index (κ3) is 3.54. The van der Waals surface area contributed by atoms with E-state index in [4.69, 9.17) is 5.10 Å². The highest BCUT2D eigenvalue weighted by atomic mass is 32.2. The second-order valence-corrected chi connectivity index (χ2v) is 8.13. The standard InChI is InChI=1S/C20H25N5O2S/c1-3-23-8-10-24(11-9-23)20(27)19(26)21-18-15-12-28-13-16(15)22-25(18)17-7-5-4-6-14(17)2/h4-7H,3,8-13H2,1-2H3,(H,21,26). The van der Waals surface area contributed by atoms with Crippen molar-refractivity contribution in [2.75, 3.05) is 38.0 Å². The summed E-state index contributed by atoms with van der Waals surface area (Å²) in [4.78, 5) is 29.4. The van der Waals surface area contributed by atoms with Crippen molar-refractivity contribution < 1.29 is 9.59 Å². The van der Waals surface area contributed by atoms with Gasteiger partial charge in [-0.15, -0.1) is 0 Å². The van der Waals surface area contributed by atoms with Crippen LogP contribution in [-0.2, 0) is 21.1 Å². The maximum atomic E-state index is 12.8. The van der Waals surface area contributed by atoms with Crippen LogP contribution in [0.5, 0.6) is 0 Å². The van der Waals surface area contributed by atoms with Gasteiger partial charge >= 0.3 is 11.8 Å². The molecule has 0 bridgehead atoms. The summed E-state index contributed by atoms with van der Waals surface area (Å²) in [5, 5.41) is 7.60. The van der Waals surface area contributed by atoms with Crippen LogP contribution in [0.15, 0.2) is 24.3 Å². The fourth-order valence-corrected chi connectivity index (χ4v) is 4.72. The summed E-state index contributed by atoms with van der Waals surface area (Å²) < 4.78 is 1.78. The summed E-state index contributed by atoms with van der Waals surface area (Å²) in [6.45, 7) is 7.88. The van der Waals surface area contributed by atoms with Gasteiger partial charge in [0.15, 0.2) is 0 Å². The van der Waals surface area contributed by atoms with E-state index in [2.05, 4.69) is 17.1 Å². The second-order valence-electron chi connectivity index (χ2n) is 7.15. The van der Waals surface area contributed by atoms with Crippen LogP contribution in [0, 0.1) is 6.92 Å². The Bertz CT molecular complexity index is 902. The molecule has 1 aromatic heterocycles. The number of piperazine rings is 1. The second kappa shape index (κ2) is 7.97. The predicted octanol–water partition coefficient (Wildman–Crippen LogP) is 2.03. The van der Waals surface area contributed by atoms with Gasteiger partial charge in [0.2, 0.25) is 0 Å². The van der Waals surface area contributed by atoms with Crippen LogP contribution in [0.2, 0.25) is 0 Å². The SMILES string of the molecule is CCN1CCN(C(=O)C(=O)Nc2c3c(nn2-c2ccccc2C)CSC3)CC1. The number of anilines is 1. The Morgan fingerprint density at radius 1 is 1.14 bits per heavy atom. The number of fused-ring (bicyclic) bond motifs is 1. The van der Waals surface area contributed by atoms with Crippen LogP contribution < -0.4 is 5.32 Å². The topological polar surface area (TPSA) is 70.5 Å². The molecule has 2 amide bonds. The molecule has 1 saturated heterocycles. The molecule has 1 aromatic carbocycles. The molecule has 0 radical (unpaired) electrons. The van der Waals surface area contributed by atoms with E-state index in [9.17, 15) is 9.59 Å². The van der Waals surface area contributed by atoms with Crippen LogP contribution in [0.4, 0.5) is 5.82 Å². The average molecular weight is 400 g/mol. The number of nitrogens with zero attached hydrogens (tertiary/aromatic N) is 4. The van der Waals surface area contributed by atoms with E-state index in [0.29, 0.717) is 18.9 Å². The summed E-state index contributed by atoms with van der Waals surface area (Å²) in [6.07, 6.45) is 0. The Hall–Kier alpha value is -2.32. The number of aryl methyl sites for hydroxylation is 1. The van der Waals surface area contributed by atoms with Gasteiger partial charge in [0.1, 0.15) is 5.82 Å². The summed E-state index contributed by atoms with van der Waals surface area (Å²) in [7, 11) is 0. The summed E-state index contributed by atoms with van der Waals surface area (Å²) in [5.41, 5.74) is 3.98. The lowest BCUT2D eigenvalue weighted by Gasteiger charge is -2.33. The maximum absolute atomic E-state index is 12.8. The first-order chi connectivity index (χ1) is 13.6. The zero-order chi connectivity index (χ0) is 19.7. The Morgan fingerprint density at radius 2 is 1.89 bits per heavy atom. The molecule has 1 N–H and O–H groups in total. The van der Waals surface area contributed by atoms with E-state index in [1.807, 2.05) is 31.2 Å². The maximum Gasteiger partial charge on any atom is 0.315 e. The average Bonchev–Trinajstić information content (AvgIpc) is 3.30. The highest BCUT2D eigenvalue weighted by Gasteiger charge is 2.30. The van der Waals surface area contributed by atoms with Gasteiger partial charge in [-0.05, 0) is 25.1 Å². The van der Waals surface area contributed by atoms with E-state index in [0.717, 1.165) is 53.6 Å². The quantitative estimate of drug-likeness (QED) is 0.800. The van der Waals surface area contributed by atoms with Crippen LogP contribution in [0.25, 0.3) is 5.69 Å². The van der Waals surface area contributed by atoms with Crippen LogP contribution in [0.3, 0.4) is 0 Å². The number of para-hydroxylation sites is 1. The lowest BCUT2D eigenvalue weighted by Crippen LogP contribution is -2.51. The van der Waals surface area contributed by atoms with Crippen LogP contribution >= 0.6 is 11.8 Å². The Kier molecular flexibility index (Phi) is 5.41. The van der Waals surface area contributed by atoms with Gasteiger partial charge in [-0.1, -0.05) is 25.1 Å². The van der Waals surface area contributed by atoms with Crippen molar-refractivity contribution in [3.8, 4) is 5.69 Å². The lowest BCUT2D eigenvalue weighted by molar-refractivity contribution is -0.144. The van der Waals surface area contributed by atoms with E-state index in [1.54, 1.807) is 21.3 Å². The Morgan fingerprint density at radius 3 is 2.61 bits per heavy atom. The zero-order valence-corrected chi connectivity index (χ0v) is 17.1. The molecular formula is C20H25N5O2S. The van der Waals surface area contributed by atoms with Gasteiger partial charge in [0, 0.05) is 43.2 Å². The van der Waals surface area contributed by atoms with E-state index < -0.39 is 11.8 Å². The highest BCUT2D eigenvalue weighted by Crippen LogP contribution is 2.36. The molecule has 0 unspecified atom stereocenters. The minimum atomic E-state index is -0.584. The van der Waals surface area contributed by atoms with Crippen molar-refractivity contribution in [1.82, 2.24) is 19.6 Å². The molecule has 28 heavy (non-hydrogen) atoms. The van der Waals surface area contributed by atoms with Gasteiger partial charge in [-0.25, -0.2) is 4.68 Å². The number of rotatable bonds is 3. The summed E-state index contributed by atoms with van der Waals surface area (Å²) >= 11 is 1.77. The number of thioether (sulfide) groups is 1. The van der Waals surface area contributed by atoms with Crippen molar-refractivity contribution in [2.24, 2.45) is 0 Å². The number of carbonyl (C=O) groups is 2. The van der Waals surface area contributed by atoms with Crippen LogP contribution in [0.1, 0.15) is 23.7 Å². The number of hydrogen-bond donors (Lipinski definition) is 1. The van der Waals surface area contributed by atoms with Gasteiger partial charge in [-0.3, -0.25) is 9.59 Å². The van der Waals surface area contributed by atoms with Gasteiger partial charge in [0.25, 0.3) is 0 Å². The minimum absolute atomic E-state index is 0.465. The van der Waals surface area contributed by atoms with Gasteiger partial charge in [0.05, 0.1) is 11.4 Å². The number of benzene rings is 1. The first-order valence-corrected chi connectivity index (χ1v) is 10.8. The Balaban J connectivity index is 1.57. The molecule has 2 aliphatic heterocycles. The highest BCUT2D eigenvalue weighted by molar-refractivity contribution is 7.98. The summed E-state index contributed by atoms with van der Waals surface area (Å²) in [6, 6.07) is 7.92. The molecule has 2 aromatic rings. The summed E-state index contributed by atoms with van der Waals surface area (Å²) in [5.74, 6) is 1.19. The largest absolute Gasteiger partial charge is 0.332 e. The predicted molar refractivity (Wildman–Crippen MR) is 111 cm³/mol. The van der Waals surface area contributed by atoms with Crippen molar-refractivity contribution >= 4 is 29.4 Å². The number of carbonyl (C=O) groups excluding carboxylic acids is 2. The molecule has 0 spiro atoms. The van der Waals surface area contributed by atoms with Crippen molar-refractivity contribution in [2.45, 2.75) is 25.4 Å². The van der Waals surface area contributed by atoms with E-state index >= 15 is 0 Å². The molecular weight excluding hydrogens is 374 g/mol. The van der Waals surface area contributed by atoms with E-state index in [1.165, 1.54) is 0 Å². The number of amides is 2. The monoisotopic (exact) mass is 399 g/mol. The molecule has 8 heteroatoms. The lowest BCUT2D eigenvalue weighted by atomic mass is 10.2. The molecule has 4 rings (SSSR count). The first-order valence-electron chi connectivity index (χ1n) is 9.65. The molecule has 0 saturated carbocycles. The van der Waals surface area contributed by atoms with Crippen molar-refractivity contribution in [3.05, 3.63) is 41.1 Å². The normalized spacial score (nSPS) is 16.9.